The molecule has 0 aliphatic carbocycles. The molecular formula is C14H13FO2. The Bertz CT molecular complexity index is 497. The molecule has 0 heterocycles. The van der Waals surface area contributed by atoms with Gasteiger partial charge >= 0.3 is 0 Å². The minimum atomic E-state index is -0.887. The smallest absolute Gasteiger partial charge is 0.125 e. The summed E-state index contributed by atoms with van der Waals surface area (Å²) in [6, 6.07) is 13.2. The fourth-order valence-electron chi connectivity index (χ4n) is 1.73. The Morgan fingerprint density at radius 1 is 1.12 bits per heavy atom. The number of aliphatic hydroxyl groups is 1. The van der Waals surface area contributed by atoms with Gasteiger partial charge in [0.2, 0.25) is 0 Å². The van der Waals surface area contributed by atoms with E-state index >= 15 is 0 Å². The lowest BCUT2D eigenvalue weighted by molar-refractivity contribution is 0.214. The number of ether oxygens (including phenoxy) is 1. The van der Waals surface area contributed by atoms with Gasteiger partial charge in [-0.25, -0.2) is 4.39 Å². The number of aliphatic hydroxyl groups excluding tert-OH is 1. The number of hydrogen-bond acceptors (Lipinski definition) is 2. The zero-order chi connectivity index (χ0) is 12.3. The highest BCUT2D eigenvalue weighted by Crippen LogP contribution is 2.30. The van der Waals surface area contributed by atoms with Crippen molar-refractivity contribution in [1.82, 2.24) is 0 Å². The van der Waals surface area contributed by atoms with Gasteiger partial charge in [0, 0.05) is 5.56 Å². The molecule has 3 heteroatoms. The van der Waals surface area contributed by atoms with Gasteiger partial charge in [0.1, 0.15) is 17.7 Å². The molecule has 0 spiro atoms. The van der Waals surface area contributed by atoms with Crippen LogP contribution < -0.4 is 4.74 Å². The predicted octanol–water partition coefficient (Wildman–Crippen LogP) is 2.92. The van der Waals surface area contributed by atoms with Gasteiger partial charge in [0.25, 0.3) is 0 Å². The van der Waals surface area contributed by atoms with Gasteiger partial charge in [-0.2, -0.15) is 0 Å². The summed E-state index contributed by atoms with van der Waals surface area (Å²) in [6.07, 6.45) is -0.887. The van der Waals surface area contributed by atoms with Crippen molar-refractivity contribution in [2.24, 2.45) is 0 Å². The van der Waals surface area contributed by atoms with Crippen LogP contribution in [0.15, 0.2) is 48.5 Å². The van der Waals surface area contributed by atoms with E-state index in [4.69, 9.17) is 4.74 Å². The number of hydrogen-bond donors (Lipinski definition) is 1. The first-order valence-corrected chi connectivity index (χ1v) is 5.29. The van der Waals surface area contributed by atoms with Gasteiger partial charge in [-0.05, 0) is 23.8 Å². The third-order valence-electron chi connectivity index (χ3n) is 2.60. The Morgan fingerprint density at radius 2 is 1.82 bits per heavy atom. The molecule has 88 valence electrons. The van der Waals surface area contributed by atoms with E-state index in [9.17, 15) is 9.50 Å². The zero-order valence-electron chi connectivity index (χ0n) is 9.43. The molecule has 0 radical (unpaired) electrons. The summed E-state index contributed by atoms with van der Waals surface area (Å²) in [5, 5.41) is 10.2. The lowest BCUT2D eigenvalue weighted by Crippen LogP contribution is -2.02. The van der Waals surface area contributed by atoms with E-state index in [1.807, 2.05) is 18.2 Å². The van der Waals surface area contributed by atoms with Gasteiger partial charge in [0.05, 0.1) is 7.11 Å². The molecule has 2 nitrogen and oxygen atoms in total. The normalized spacial score (nSPS) is 12.2. The van der Waals surface area contributed by atoms with Gasteiger partial charge in [-0.3, -0.25) is 0 Å². The third-order valence-corrected chi connectivity index (χ3v) is 2.60. The first kappa shape index (κ1) is 11.6. The van der Waals surface area contributed by atoms with Crippen molar-refractivity contribution in [3.05, 3.63) is 65.5 Å². The molecule has 0 aliphatic rings. The summed E-state index contributed by atoms with van der Waals surface area (Å²) in [6.45, 7) is 0. The summed E-state index contributed by atoms with van der Waals surface area (Å²) >= 11 is 0. The monoisotopic (exact) mass is 232 g/mol. The van der Waals surface area contributed by atoms with E-state index in [1.54, 1.807) is 12.1 Å². The second-order valence-corrected chi connectivity index (χ2v) is 3.70. The molecule has 0 fully saturated rings. The molecule has 1 N–H and O–H groups in total. The van der Waals surface area contributed by atoms with E-state index in [0.717, 1.165) is 0 Å². The quantitative estimate of drug-likeness (QED) is 0.881. The lowest BCUT2D eigenvalue weighted by Gasteiger charge is -2.15. The van der Waals surface area contributed by atoms with Crippen molar-refractivity contribution in [1.29, 1.82) is 0 Å². The minimum Gasteiger partial charge on any atom is -0.496 e. The van der Waals surface area contributed by atoms with Gasteiger partial charge in [0.15, 0.2) is 0 Å². The largest absolute Gasteiger partial charge is 0.496 e. The fraction of sp³-hybridized carbons (Fsp3) is 0.143. The Kier molecular flexibility index (Phi) is 3.40. The molecular weight excluding hydrogens is 219 g/mol. The van der Waals surface area contributed by atoms with Gasteiger partial charge < -0.3 is 9.84 Å². The highest BCUT2D eigenvalue weighted by molar-refractivity contribution is 5.40. The van der Waals surface area contributed by atoms with Crippen LogP contribution in [0, 0.1) is 5.82 Å². The van der Waals surface area contributed by atoms with E-state index in [2.05, 4.69) is 0 Å². The molecule has 0 saturated heterocycles. The molecule has 2 rings (SSSR count). The van der Waals surface area contributed by atoms with Crippen molar-refractivity contribution >= 4 is 0 Å². The number of methoxy groups -OCH3 is 1. The predicted molar refractivity (Wildman–Crippen MR) is 63.5 cm³/mol. The van der Waals surface area contributed by atoms with Crippen LogP contribution in [0.2, 0.25) is 0 Å². The maximum atomic E-state index is 13.2. The van der Waals surface area contributed by atoms with Crippen LogP contribution >= 0.6 is 0 Å². The van der Waals surface area contributed by atoms with E-state index in [1.165, 1.54) is 25.3 Å². The van der Waals surface area contributed by atoms with Gasteiger partial charge in [-0.1, -0.05) is 30.3 Å². The number of halogens is 1. The standard InChI is InChI=1S/C14H13FO2/c1-17-13-8-7-11(15)9-12(13)14(16)10-5-3-2-4-6-10/h2-9,14,16H,1H3. The van der Waals surface area contributed by atoms with E-state index in [-0.39, 0.29) is 0 Å². The van der Waals surface area contributed by atoms with Crippen LogP contribution in [0.1, 0.15) is 17.2 Å². The minimum absolute atomic E-state index is 0.393. The van der Waals surface area contributed by atoms with Crippen LogP contribution in [0.4, 0.5) is 4.39 Å². The summed E-state index contributed by atoms with van der Waals surface area (Å²) in [7, 11) is 1.49. The topological polar surface area (TPSA) is 29.5 Å². The molecule has 17 heavy (non-hydrogen) atoms. The van der Waals surface area contributed by atoms with Crippen LogP contribution in [-0.2, 0) is 0 Å². The molecule has 2 aromatic rings. The highest BCUT2D eigenvalue weighted by atomic mass is 19.1. The summed E-state index contributed by atoms with van der Waals surface area (Å²) < 4.78 is 18.3. The molecule has 2 aromatic carbocycles. The van der Waals surface area contributed by atoms with Crippen LogP contribution in [0.25, 0.3) is 0 Å². The van der Waals surface area contributed by atoms with Crippen molar-refractivity contribution in [2.75, 3.05) is 7.11 Å². The number of benzene rings is 2. The fourth-order valence-corrected chi connectivity index (χ4v) is 1.73. The summed E-state index contributed by atoms with van der Waals surface area (Å²) in [5.41, 5.74) is 1.13. The first-order valence-electron chi connectivity index (χ1n) is 5.29. The average Bonchev–Trinajstić information content (AvgIpc) is 2.39. The van der Waals surface area contributed by atoms with Crippen molar-refractivity contribution < 1.29 is 14.2 Å². The highest BCUT2D eigenvalue weighted by Gasteiger charge is 2.15. The molecule has 1 unspecified atom stereocenters. The Hall–Kier alpha value is -1.87. The van der Waals surface area contributed by atoms with Crippen molar-refractivity contribution in [3.63, 3.8) is 0 Å². The molecule has 0 saturated carbocycles. The first-order chi connectivity index (χ1) is 8.22. The molecule has 0 amide bonds. The molecule has 0 aromatic heterocycles. The number of rotatable bonds is 3. The van der Waals surface area contributed by atoms with E-state index < -0.39 is 11.9 Å². The maximum absolute atomic E-state index is 13.2. The van der Waals surface area contributed by atoms with E-state index in [0.29, 0.717) is 16.9 Å². The molecule has 0 bridgehead atoms. The summed E-state index contributed by atoms with van der Waals surface area (Å²) in [5.74, 6) is 0.0820. The molecule has 1 atom stereocenters. The molecule has 0 aliphatic heterocycles. The average molecular weight is 232 g/mol. The van der Waals surface area contributed by atoms with Crippen molar-refractivity contribution in [3.8, 4) is 5.75 Å². The Morgan fingerprint density at radius 3 is 2.47 bits per heavy atom. The van der Waals surface area contributed by atoms with Crippen molar-refractivity contribution in [2.45, 2.75) is 6.10 Å². The lowest BCUT2D eigenvalue weighted by atomic mass is 10.0. The second-order valence-electron chi connectivity index (χ2n) is 3.70. The second kappa shape index (κ2) is 4.97. The van der Waals surface area contributed by atoms with Crippen LogP contribution in [-0.4, -0.2) is 12.2 Å². The SMILES string of the molecule is COc1ccc(F)cc1C(O)c1ccccc1. The van der Waals surface area contributed by atoms with Gasteiger partial charge in [-0.15, -0.1) is 0 Å². The zero-order valence-corrected chi connectivity index (χ0v) is 9.43. The van der Waals surface area contributed by atoms with Crippen LogP contribution in [0.3, 0.4) is 0 Å². The third kappa shape index (κ3) is 2.45. The Labute approximate surface area is 99.3 Å². The Balaban J connectivity index is 2.43. The van der Waals surface area contributed by atoms with Crippen LogP contribution in [0.5, 0.6) is 5.75 Å². The maximum Gasteiger partial charge on any atom is 0.125 e. The summed E-state index contributed by atoms with van der Waals surface area (Å²) in [4.78, 5) is 0.